The lowest BCUT2D eigenvalue weighted by Gasteiger charge is -2.35. The highest BCUT2D eigenvalue weighted by Crippen LogP contribution is 2.31. The molecule has 0 bridgehead atoms. The lowest BCUT2D eigenvalue weighted by molar-refractivity contribution is -0.184. The number of anilines is 1. The summed E-state index contributed by atoms with van der Waals surface area (Å²) in [6.45, 7) is 1.50. The molecule has 0 saturated carbocycles. The van der Waals surface area contributed by atoms with Gasteiger partial charge in [-0.25, -0.2) is 0 Å². The van der Waals surface area contributed by atoms with E-state index in [1.807, 2.05) is 0 Å². The quantitative estimate of drug-likeness (QED) is 0.785. The van der Waals surface area contributed by atoms with Gasteiger partial charge in [0.1, 0.15) is 0 Å². The van der Waals surface area contributed by atoms with Gasteiger partial charge in [0.15, 0.2) is 0 Å². The van der Waals surface area contributed by atoms with E-state index in [2.05, 4.69) is 10.6 Å². The van der Waals surface area contributed by atoms with E-state index in [1.54, 1.807) is 31.4 Å². The number of methoxy groups -OCH3 is 1. The lowest BCUT2D eigenvalue weighted by atomic mass is 9.78. The van der Waals surface area contributed by atoms with Crippen LogP contribution in [0.5, 0.6) is 0 Å². The molecule has 2 amide bonds. The maximum Gasteiger partial charge on any atom is 0.471 e. The molecular weight excluding hydrogens is 363 g/mol. The minimum Gasteiger partial charge on any atom is -0.384 e. The highest BCUT2D eigenvalue weighted by Gasteiger charge is 2.41. The Morgan fingerprint density at radius 2 is 1.96 bits per heavy atom. The summed E-state index contributed by atoms with van der Waals surface area (Å²) in [5.74, 6) is -2.09. The number of alkyl halides is 3. The number of hydrogen-bond donors (Lipinski definition) is 2. The number of nitrogens with zero attached hydrogens (tertiary/aromatic N) is 1. The molecule has 0 unspecified atom stereocenters. The van der Waals surface area contributed by atoms with Gasteiger partial charge in [-0.2, -0.15) is 13.2 Å². The summed E-state index contributed by atoms with van der Waals surface area (Å²) in [6.07, 6.45) is -3.65. The number of ether oxygens (including phenoxy) is 1. The molecule has 1 aromatic carbocycles. The SMILES string of the molecule is COCC1(C(=O)Nc2cccc(CN(C)C(=O)C(F)(F)F)c2)CCNCC1. The molecule has 0 spiro atoms. The summed E-state index contributed by atoms with van der Waals surface area (Å²) in [6, 6.07) is 6.46. The average molecular weight is 387 g/mol. The van der Waals surface area contributed by atoms with Crippen LogP contribution in [0.15, 0.2) is 24.3 Å². The summed E-state index contributed by atoms with van der Waals surface area (Å²) in [5.41, 5.74) is 0.317. The summed E-state index contributed by atoms with van der Waals surface area (Å²) in [4.78, 5) is 24.7. The zero-order chi connectivity index (χ0) is 20.1. The standard InChI is InChI=1S/C18H24F3N3O3/c1-24(16(26)18(19,20)21)11-13-4-3-5-14(10-13)23-15(25)17(12-27-2)6-8-22-9-7-17/h3-5,10,22H,6-9,11-12H2,1-2H3,(H,23,25). The van der Waals surface area contributed by atoms with Gasteiger partial charge in [-0.3, -0.25) is 9.59 Å². The zero-order valence-electron chi connectivity index (χ0n) is 15.4. The molecule has 0 aromatic heterocycles. The highest BCUT2D eigenvalue weighted by molar-refractivity contribution is 5.95. The number of nitrogens with one attached hydrogen (secondary N) is 2. The van der Waals surface area contributed by atoms with E-state index in [4.69, 9.17) is 4.74 Å². The third-order valence-corrected chi connectivity index (χ3v) is 4.66. The van der Waals surface area contributed by atoms with E-state index in [0.717, 1.165) is 7.05 Å². The van der Waals surface area contributed by atoms with Crippen molar-refractivity contribution in [2.24, 2.45) is 5.41 Å². The summed E-state index contributed by atoms with van der Waals surface area (Å²) in [5, 5.41) is 6.04. The number of amides is 2. The Kier molecular flexibility index (Phi) is 6.83. The lowest BCUT2D eigenvalue weighted by Crippen LogP contribution is -2.47. The third-order valence-electron chi connectivity index (χ3n) is 4.66. The Labute approximate surface area is 156 Å². The van der Waals surface area contributed by atoms with Gasteiger partial charge in [-0.05, 0) is 43.6 Å². The number of benzene rings is 1. The van der Waals surface area contributed by atoms with Gasteiger partial charge in [-0.1, -0.05) is 12.1 Å². The second-order valence-corrected chi connectivity index (χ2v) is 6.78. The maximum absolute atomic E-state index is 12.8. The van der Waals surface area contributed by atoms with E-state index < -0.39 is 17.5 Å². The van der Waals surface area contributed by atoms with Crippen LogP contribution in [0.4, 0.5) is 18.9 Å². The van der Waals surface area contributed by atoms with Crippen molar-refractivity contribution >= 4 is 17.5 Å². The van der Waals surface area contributed by atoms with Crippen molar-refractivity contribution in [1.82, 2.24) is 10.2 Å². The van der Waals surface area contributed by atoms with Gasteiger partial charge < -0.3 is 20.3 Å². The molecule has 1 heterocycles. The number of rotatable bonds is 6. The first-order valence-electron chi connectivity index (χ1n) is 8.60. The first-order valence-corrected chi connectivity index (χ1v) is 8.60. The molecule has 1 fully saturated rings. The fraction of sp³-hybridized carbons (Fsp3) is 0.556. The third kappa shape index (κ3) is 5.43. The van der Waals surface area contributed by atoms with E-state index >= 15 is 0 Å². The highest BCUT2D eigenvalue weighted by atomic mass is 19.4. The van der Waals surface area contributed by atoms with Crippen molar-refractivity contribution in [3.8, 4) is 0 Å². The number of piperidine rings is 1. The number of halogens is 3. The summed E-state index contributed by atoms with van der Waals surface area (Å²) >= 11 is 0. The molecule has 0 aliphatic carbocycles. The van der Waals surface area contributed by atoms with Crippen LogP contribution in [0.1, 0.15) is 18.4 Å². The maximum atomic E-state index is 12.8. The largest absolute Gasteiger partial charge is 0.471 e. The van der Waals surface area contributed by atoms with Crippen molar-refractivity contribution in [3.63, 3.8) is 0 Å². The number of carbonyl (C=O) groups is 2. The molecule has 150 valence electrons. The van der Waals surface area contributed by atoms with Gasteiger partial charge in [-0.15, -0.1) is 0 Å². The Morgan fingerprint density at radius 1 is 1.30 bits per heavy atom. The Hall–Kier alpha value is -2.13. The molecule has 6 nitrogen and oxygen atoms in total. The van der Waals surface area contributed by atoms with Crippen LogP contribution >= 0.6 is 0 Å². The molecule has 2 rings (SSSR count). The van der Waals surface area contributed by atoms with Gasteiger partial charge in [0.25, 0.3) is 0 Å². The van der Waals surface area contributed by atoms with Crippen LogP contribution < -0.4 is 10.6 Å². The molecule has 2 N–H and O–H groups in total. The first kappa shape index (κ1) is 21.2. The predicted molar refractivity (Wildman–Crippen MR) is 94.0 cm³/mol. The molecular formula is C18H24F3N3O3. The van der Waals surface area contributed by atoms with Crippen molar-refractivity contribution in [3.05, 3.63) is 29.8 Å². The second-order valence-electron chi connectivity index (χ2n) is 6.78. The van der Waals surface area contributed by atoms with Crippen molar-refractivity contribution < 1.29 is 27.5 Å². The molecule has 1 aliphatic rings. The van der Waals surface area contributed by atoms with Gasteiger partial charge >= 0.3 is 12.1 Å². The summed E-state index contributed by atoms with van der Waals surface area (Å²) in [7, 11) is 2.63. The molecule has 1 saturated heterocycles. The zero-order valence-corrected chi connectivity index (χ0v) is 15.4. The molecule has 1 aliphatic heterocycles. The topological polar surface area (TPSA) is 70.7 Å². The minimum absolute atomic E-state index is 0.178. The van der Waals surface area contributed by atoms with E-state index in [-0.39, 0.29) is 12.5 Å². The van der Waals surface area contributed by atoms with Gasteiger partial charge in [0.05, 0.1) is 12.0 Å². The van der Waals surface area contributed by atoms with Gasteiger partial charge in [0.2, 0.25) is 5.91 Å². The smallest absolute Gasteiger partial charge is 0.384 e. The fourth-order valence-electron chi connectivity index (χ4n) is 3.19. The van der Waals surface area contributed by atoms with Crippen LogP contribution in [0, 0.1) is 5.41 Å². The Bertz CT molecular complexity index is 668. The van der Waals surface area contributed by atoms with Crippen molar-refractivity contribution in [2.45, 2.75) is 25.6 Å². The van der Waals surface area contributed by atoms with E-state index in [1.165, 1.54) is 0 Å². The Balaban J connectivity index is 2.08. The minimum atomic E-state index is -4.91. The average Bonchev–Trinajstić information content (AvgIpc) is 2.61. The van der Waals surface area contributed by atoms with Crippen LogP contribution in [0.25, 0.3) is 0 Å². The van der Waals surface area contributed by atoms with Gasteiger partial charge in [0, 0.05) is 26.4 Å². The first-order chi connectivity index (χ1) is 12.7. The van der Waals surface area contributed by atoms with E-state index in [9.17, 15) is 22.8 Å². The molecule has 27 heavy (non-hydrogen) atoms. The summed E-state index contributed by atoms with van der Waals surface area (Å²) < 4.78 is 42.8. The second kappa shape index (κ2) is 8.71. The molecule has 9 heteroatoms. The van der Waals surface area contributed by atoms with Crippen LogP contribution in [-0.2, 0) is 20.9 Å². The van der Waals surface area contributed by atoms with Crippen LogP contribution in [-0.4, -0.2) is 56.7 Å². The number of hydrogen-bond acceptors (Lipinski definition) is 4. The van der Waals surface area contributed by atoms with E-state index in [0.29, 0.717) is 48.7 Å². The predicted octanol–water partition coefficient (Wildman–Crippen LogP) is 2.16. The van der Waals surface area contributed by atoms with Crippen LogP contribution in [0.2, 0.25) is 0 Å². The molecule has 0 radical (unpaired) electrons. The van der Waals surface area contributed by atoms with Crippen LogP contribution in [0.3, 0.4) is 0 Å². The fourth-order valence-corrected chi connectivity index (χ4v) is 3.19. The monoisotopic (exact) mass is 387 g/mol. The normalized spacial score (nSPS) is 16.6. The molecule has 0 atom stereocenters. The molecule has 1 aromatic rings. The van der Waals surface area contributed by atoms with Crippen molar-refractivity contribution in [1.29, 1.82) is 0 Å². The Morgan fingerprint density at radius 3 is 2.56 bits per heavy atom. The number of carbonyl (C=O) groups excluding carboxylic acids is 2. The van der Waals surface area contributed by atoms with Crippen molar-refractivity contribution in [2.75, 3.05) is 39.2 Å².